The molecule has 0 unspecified atom stereocenters. The molecule has 1 heterocycles. The van der Waals surface area contributed by atoms with Gasteiger partial charge in [-0.2, -0.15) is 0 Å². The molecule has 1 aliphatic carbocycles. The molecule has 2 aromatic carbocycles. The molecule has 0 atom stereocenters. The monoisotopic (exact) mass is 352 g/mol. The Labute approximate surface area is 153 Å². The van der Waals surface area contributed by atoms with Crippen LogP contribution in [-0.2, 0) is 12.8 Å². The van der Waals surface area contributed by atoms with Crippen LogP contribution in [0.5, 0.6) is 11.5 Å². The van der Waals surface area contributed by atoms with Crippen molar-refractivity contribution >= 4 is 11.6 Å². The number of nitrogens with zero attached hydrogens (tertiary/aromatic N) is 2. The highest BCUT2D eigenvalue weighted by Crippen LogP contribution is 2.30. The Hall–Kier alpha value is -2.69. The fourth-order valence-corrected chi connectivity index (χ4v) is 3.95. The van der Waals surface area contributed by atoms with Crippen molar-refractivity contribution in [3.05, 3.63) is 53.1 Å². The molecule has 5 nitrogen and oxygen atoms in total. The number of hydrogen-bond donors (Lipinski definition) is 2. The number of carbonyl (C=O) groups is 1. The second kappa shape index (κ2) is 6.90. The van der Waals surface area contributed by atoms with Crippen LogP contribution in [0.4, 0.5) is 5.69 Å². The van der Waals surface area contributed by atoms with Crippen LogP contribution >= 0.6 is 0 Å². The molecule has 0 aromatic heterocycles. The van der Waals surface area contributed by atoms with Crippen molar-refractivity contribution in [3.8, 4) is 11.5 Å². The minimum Gasteiger partial charge on any atom is -0.508 e. The zero-order chi connectivity index (χ0) is 18.1. The molecule has 5 heteroatoms. The number of phenols is 2. The summed E-state index contributed by atoms with van der Waals surface area (Å²) in [5.74, 6) is 0.281. The zero-order valence-corrected chi connectivity index (χ0v) is 14.8. The second-order valence-corrected chi connectivity index (χ2v) is 7.14. The van der Waals surface area contributed by atoms with Gasteiger partial charge in [0.1, 0.15) is 11.5 Å². The normalized spacial score (nSPS) is 17.1. The van der Waals surface area contributed by atoms with Gasteiger partial charge in [0.25, 0.3) is 5.91 Å². The molecule has 26 heavy (non-hydrogen) atoms. The van der Waals surface area contributed by atoms with Crippen LogP contribution in [0.3, 0.4) is 0 Å². The molecule has 136 valence electrons. The highest BCUT2D eigenvalue weighted by atomic mass is 16.3. The summed E-state index contributed by atoms with van der Waals surface area (Å²) in [4.78, 5) is 16.9. The summed E-state index contributed by atoms with van der Waals surface area (Å²) in [6, 6.07) is 10.8. The van der Waals surface area contributed by atoms with Crippen molar-refractivity contribution in [3.63, 3.8) is 0 Å². The van der Waals surface area contributed by atoms with Crippen LogP contribution in [0.15, 0.2) is 36.4 Å². The van der Waals surface area contributed by atoms with Crippen molar-refractivity contribution in [2.45, 2.75) is 25.7 Å². The molecule has 0 bridgehead atoms. The predicted molar refractivity (Wildman–Crippen MR) is 101 cm³/mol. The third-order valence-electron chi connectivity index (χ3n) is 5.47. The molecule has 1 amide bonds. The molecule has 2 aliphatic rings. The van der Waals surface area contributed by atoms with Crippen LogP contribution in [0.1, 0.15) is 34.3 Å². The molecule has 0 spiro atoms. The van der Waals surface area contributed by atoms with E-state index in [4.69, 9.17) is 0 Å². The zero-order valence-electron chi connectivity index (χ0n) is 14.8. The molecular weight excluding hydrogens is 328 g/mol. The lowest BCUT2D eigenvalue weighted by Gasteiger charge is -2.36. The number of phenolic OH excluding ortho intramolecular Hbond substituents is 2. The third-order valence-corrected chi connectivity index (χ3v) is 5.47. The van der Waals surface area contributed by atoms with E-state index in [2.05, 4.69) is 4.90 Å². The summed E-state index contributed by atoms with van der Waals surface area (Å²) in [6.07, 6.45) is 4.28. The van der Waals surface area contributed by atoms with Crippen LogP contribution in [-0.4, -0.2) is 47.2 Å². The first-order chi connectivity index (χ1) is 12.6. The third kappa shape index (κ3) is 3.21. The topological polar surface area (TPSA) is 64.0 Å². The molecule has 1 aliphatic heterocycles. The number of rotatable bonds is 2. The second-order valence-electron chi connectivity index (χ2n) is 7.14. The largest absolute Gasteiger partial charge is 0.508 e. The van der Waals surface area contributed by atoms with Crippen LogP contribution in [0.25, 0.3) is 0 Å². The minimum atomic E-state index is -0.0822. The molecule has 0 saturated carbocycles. The Morgan fingerprint density at radius 2 is 1.46 bits per heavy atom. The standard InChI is InChI=1S/C21H24N2O3/c24-18-7-5-17(6-8-18)22-9-11-23(12-10-22)21(26)19-13-15-3-1-2-4-16(15)14-20(19)25/h5-8,13-14,24-25H,1-4,9-12H2. The summed E-state index contributed by atoms with van der Waals surface area (Å²) in [5, 5.41) is 19.8. The van der Waals surface area contributed by atoms with E-state index in [-0.39, 0.29) is 17.4 Å². The van der Waals surface area contributed by atoms with Gasteiger partial charge in [0.15, 0.2) is 0 Å². The highest BCUT2D eigenvalue weighted by molar-refractivity contribution is 5.97. The van der Waals surface area contributed by atoms with E-state index >= 15 is 0 Å². The highest BCUT2D eigenvalue weighted by Gasteiger charge is 2.25. The Kier molecular flexibility index (Phi) is 4.45. The number of fused-ring (bicyclic) bond motifs is 1. The maximum Gasteiger partial charge on any atom is 0.257 e. The number of anilines is 1. The average molecular weight is 352 g/mol. The molecular formula is C21H24N2O3. The van der Waals surface area contributed by atoms with Crippen LogP contribution in [0, 0.1) is 0 Å². The van der Waals surface area contributed by atoms with E-state index in [1.165, 1.54) is 11.1 Å². The smallest absolute Gasteiger partial charge is 0.257 e. The summed E-state index contributed by atoms with van der Waals surface area (Å²) in [7, 11) is 0. The van der Waals surface area contributed by atoms with Crippen molar-refractivity contribution in [2.24, 2.45) is 0 Å². The lowest BCUT2D eigenvalue weighted by molar-refractivity contribution is 0.0743. The number of amides is 1. The fraction of sp³-hybridized carbons (Fsp3) is 0.381. The van der Waals surface area contributed by atoms with E-state index in [0.29, 0.717) is 18.7 Å². The van der Waals surface area contributed by atoms with Crippen molar-refractivity contribution in [2.75, 3.05) is 31.1 Å². The maximum absolute atomic E-state index is 12.9. The summed E-state index contributed by atoms with van der Waals surface area (Å²) < 4.78 is 0. The number of carbonyl (C=O) groups excluding carboxylic acids is 1. The fourth-order valence-electron chi connectivity index (χ4n) is 3.95. The SMILES string of the molecule is O=C(c1cc2c(cc1O)CCCC2)N1CCN(c2ccc(O)cc2)CC1. The summed E-state index contributed by atoms with van der Waals surface area (Å²) in [5.41, 5.74) is 3.87. The molecule has 2 aromatic rings. The van der Waals surface area contributed by atoms with E-state index < -0.39 is 0 Å². The van der Waals surface area contributed by atoms with Crippen molar-refractivity contribution in [1.82, 2.24) is 4.90 Å². The number of piperazine rings is 1. The molecule has 0 radical (unpaired) electrons. The van der Waals surface area contributed by atoms with Gasteiger partial charge in [-0.1, -0.05) is 0 Å². The van der Waals surface area contributed by atoms with Gasteiger partial charge in [0.2, 0.25) is 0 Å². The van der Waals surface area contributed by atoms with Gasteiger partial charge in [0, 0.05) is 31.9 Å². The maximum atomic E-state index is 12.9. The van der Waals surface area contributed by atoms with Gasteiger partial charge in [-0.05, 0) is 73.2 Å². The first-order valence-corrected chi connectivity index (χ1v) is 9.30. The van der Waals surface area contributed by atoms with E-state index in [1.807, 2.05) is 23.1 Å². The van der Waals surface area contributed by atoms with Crippen LogP contribution in [0.2, 0.25) is 0 Å². The molecule has 1 fully saturated rings. The lowest BCUT2D eigenvalue weighted by Crippen LogP contribution is -2.48. The number of hydrogen-bond acceptors (Lipinski definition) is 4. The van der Waals surface area contributed by atoms with Gasteiger partial charge >= 0.3 is 0 Å². The van der Waals surface area contributed by atoms with Gasteiger partial charge in [-0.3, -0.25) is 4.79 Å². The predicted octanol–water partition coefficient (Wildman–Crippen LogP) is 2.94. The number of benzene rings is 2. The molecule has 2 N–H and O–H groups in total. The van der Waals surface area contributed by atoms with Crippen molar-refractivity contribution < 1.29 is 15.0 Å². The molecule has 4 rings (SSSR count). The van der Waals surface area contributed by atoms with E-state index in [1.54, 1.807) is 18.2 Å². The van der Waals surface area contributed by atoms with Crippen molar-refractivity contribution in [1.29, 1.82) is 0 Å². The van der Waals surface area contributed by atoms with Gasteiger partial charge in [-0.15, -0.1) is 0 Å². The molecule has 1 saturated heterocycles. The lowest BCUT2D eigenvalue weighted by atomic mass is 9.89. The first-order valence-electron chi connectivity index (χ1n) is 9.30. The van der Waals surface area contributed by atoms with Gasteiger partial charge in [0.05, 0.1) is 5.56 Å². The Bertz CT molecular complexity index is 809. The average Bonchev–Trinajstić information content (AvgIpc) is 2.68. The minimum absolute atomic E-state index is 0.0822. The first kappa shape index (κ1) is 16.8. The quantitative estimate of drug-likeness (QED) is 0.872. The van der Waals surface area contributed by atoms with E-state index in [0.717, 1.165) is 44.5 Å². The Morgan fingerprint density at radius 3 is 2.12 bits per heavy atom. The summed E-state index contributed by atoms with van der Waals surface area (Å²) in [6.45, 7) is 2.72. The van der Waals surface area contributed by atoms with Gasteiger partial charge < -0.3 is 20.0 Å². The van der Waals surface area contributed by atoms with Crippen LogP contribution < -0.4 is 4.90 Å². The Balaban J connectivity index is 1.46. The van der Waals surface area contributed by atoms with Gasteiger partial charge in [-0.25, -0.2) is 0 Å². The Morgan fingerprint density at radius 1 is 0.846 bits per heavy atom. The number of aryl methyl sites for hydroxylation is 2. The van der Waals surface area contributed by atoms with E-state index in [9.17, 15) is 15.0 Å². The number of aromatic hydroxyl groups is 2. The summed E-state index contributed by atoms with van der Waals surface area (Å²) >= 11 is 0.